The molecule has 0 saturated carbocycles. The quantitative estimate of drug-likeness (QED) is 0.136. The van der Waals surface area contributed by atoms with Gasteiger partial charge in [-0.1, -0.05) is 78.4 Å². The third-order valence-electron chi connectivity index (χ3n) is 8.74. The number of fused-ring (bicyclic) bond motifs is 3. The number of aryl methyl sites for hydroxylation is 2. The van der Waals surface area contributed by atoms with Crippen LogP contribution in [0.3, 0.4) is 0 Å². The molecule has 2 heterocycles. The van der Waals surface area contributed by atoms with E-state index < -0.39 is 13.7 Å². The highest BCUT2D eigenvalue weighted by molar-refractivity contribution is 6.09. The second-order valence-corrected chi connectivity index (χ2v) is 11.8. The number of benzene rings is 6. The van der Waals surface area contributed by atoms with Crippen LogP contribution in [0.4, 0.5) is 5.69 Å². The average Bonchev–Trinajstić information content (AvgIpc) is 3.50. The van der Waals surface area contributed by atoms with Crippen LogP contribution in [0, 0.1) is 23.8 Å². The van der Waals surface area contributed by atoms with Crippen molar-refractivity contribution in [3.8, 4) is 56.4 Å². The molecule has 7 heteroatoms. The largest absolute Gasteiger partial charge is 0.508 e. The number of nitrogens with zero attached hydrogens (tertiary/aromatic N) is 3. The number of hydrogen-bond donors (Lipinski definition) is 1. The van der Waals surface area contributed by atoms with E-state index in [1.54, 1.807) is 89.5 Å². The van der Waals surface area contributed by atoms with Crippen LogP contribution in [-0.2, 0) is 0 Å². The number of para-hydroxylation sites is 2. The molecule has 50 heavy (non-hydrogen) atoms. The Bertz CT molecular complexity index is 2800. The summed E-state index contributed by atoms with van der Waals surface area (Å²) in [5.74, 6) is 1.07. The number of rotatable bonds is 7. The van der Waals surface area contributed by atoms with Gasteiger partial charge in [-0.15, -0.1) is 0 Å². The Morgan fingerprint density at radius 3 is 2.26 bits per heavy atom. The second kappa shape index (κ2) is 12.4. The van der Waals surface area contributed by atoms with E-state index >= 15 is 0 Å². The fraction of sp³-hybridized carbons (Fsp3) is 0.0465. The highest BCUT2D eigenvalue weighted by Gasteiger charge is 2.24. The first-order valence-corrected chi connectivity index (χ1v) is 15.8. The summed E-state index contributed by atoms with van der Waals surface area (Å²) >= 11 is 0. The fourth-order valence-electron chi connectivity index (χ4n) is 6.47. The van der Waals surface area contributed by atoms with Gasteiger partial charge in [-0.25, -0.2) is 4.98 Å². The first-order chi connectivity index (χ1) is 26.8. The van der Waals surface area contributed by atoms with Gasteiger partial charge in [0.25, 0.3) is 5.69 Å². The fourth-order valence-corrected chi connectivity index (χ4v) is 6.47. The standard InChI is InChI=1S/C43H31N3O4/c1-27-15-22-39-37(23-27)34-21-18-31(47)25-40(34)45(39)42-24-28(2)38(26-44-42)30-16-19-32(20-17-30)50-41-14-7-6-11-35(41)36-13-8-12-33(43(36)46(48)49)29-9-4-3-5-10-29/h3-26,47H,1-2H3/i1D3,2D3. The maximum absolute atomic E-state index is 12.5. The van der Waals surface area contributed by atoms with Crippen molar-refractivity contribution in [2.45, 2.75) is 13.7 Å². The molecule has 242 valence electrons. The normalized spacial score (nSPS) is 13.5. The van der Waals surface area contributed by atoms with Gasteiger partial charge < -0.3 is 9.84 Å². The lowest BCUT2D eigenvalue weighted by Crippen LogP contribution is -1.99. The van der Waals surface area contributed by atoms with E-state index in [2.05, 4.69) is 0 Å². The van der Waals surface area contributed by atoms with E-state index in [1.807, 2.05) is 30.3 Å². The van der Waals surface area contributed by atoms with Gasteiger partial charge in [0, 0.05) is 42.4 Å². The first kappa shape index (κ1) is 24.4. The van der Waals surface area contributed by atoms with E-state index in [0.29, 0.717) is 66.7 Å². The molecule has 0 saturated heterocycles. The number of nitro benzene ring substituents is 1. The van der Waals surface area contributed by atoms with Crippen molar-refractivity contribution in [2.75, 3.05) is 0 Å². The second-order valence-electron chi connectivity index (χ2n) is 11.8. The van der Waals surface area contributed by atoms with Gasteiger partial charge in [0.1, 0.15) is 23.1 Å². The predicted octanol–water partition coefficient (Wildman–Crippen LogP) is 11.2. The Kier molecular flexibility index (Phi) is 6.04. The molecule has 1 N–H and O–H groups in total. The number of aromatic hydroxyl groups is 1. The minimum atomic E-state index is -2.56. The Balaban J connectivity index is 1.16. The van der Waals surface area contributed by atoms with Crippen molar-refractivity contribution in [2.24, 2.45) is 0 Å². The number of aromatic nitrogens is 2. The maximum atomic E-state index is 12.5. The Morgan fingerprint density at radius 1 is 0.700 bits per heavy atom. The summed E-state index contributed by atoms with van der Waals surface area (Å²) in [5, 5.41) is 24.2. The number of nitro groups is 1. The van der Waals surface area contributed by atoms with Crippen molar-refractivity contribution >= 4 is 27.5 Å². The van der Waals surface area contributed by atoms with E-state index in [1.165, 1.54) is 30.5 Å². The monoisotopic (exact) mass is 659 g/mol. The van der Waals surface area contributed by atoms with Crippen LogP contribution in [0.5, 0.6) is 17.2 Å². The minimum Gasteiger partial charge on any atom is -0.508 e. The average molecular weight is 660 g/mol. The van der Waals surface area contributed by atoms with Gasteiger partial charge in [0.15, 0.2) is 0 Å². The van der Waals surface area contributed by atoms with Crippen molar-refractivity contribution in [1.29, 1.82) is 0 Å². The molecule has 7 nitrogen and oxygen atoms in total. The molecule has 8 aromatic rings. The summed E-state index contributed by atoms with van der Waals surface area (Å²) in [6.07, 6.45) is 1.48. The van der Waals surface area contributed by atoms with Crippen LogP contribution in [0.25, 0.3) is 61.0 Å². The van der Waals surface area contributed by atoms with Gasteiger partial charge in [-0.05, 0) is 91.1 Å². The van der Waals surface area contributed by atoms with Crippen LogP contribution in [-0.4, -0.2) is 19.6 Å². The van der Waals surface area contributed by atoms with Crippen molar-refractivity contribution < 1.29 is 23.0 Å². The van der Waals surface area contributed by atoms with Gasteiger partial charge in [-0.3, -0.25) is 14.7 Å². The lowest BCUT2D eigenvalue weighted by molar-refractivity contribution is -0.383. The molecule has 0 amide bonds. The smallest absolute Gasteiger partial charge is 0.285 e. The lowest BCUT2D eigenvalue weighted by atomic mass is 9.95. The minimum absolute atomic E-state index is 0.0193. The lowest BCUT2D eigenvalue weighted by Gasteiger charge is -2.14. The summed E-state index contributed by atoms with van der Waals surface area (Å²) in [6.45, 7) is -4.90. The Morgan fingerprint density at radius 2 is 1.46 bits per heavy atom. The number of hydrogen-bond acceptors (Lipinski definition) is 5. The van der Waals surface area contributed by atoms with Crippen molar-refractivity contribution in [1.82, 2.24) is 9.55 Å². The molecule has 0 aliphatic rings. The molecular formula is C43H31N3O4. The van der Waals surface area contributed by atoms with Gasteiger partial charge >= 0.3 is 0 Å². The van der Waals surface area contributed by atoms with Crippen LogP contribution < -0.4 is 4.74 Å². The topological polar surface area (TPSA) is 90.4 Å². The third-order valence-corrected chi connectivity index (χ3v) is 8.74. The van der Waals surface area contributed by atoms with Crippen LogP contribution in [0.15, 0.2) is 146 Å². The molecule has 0 bridgehead atoms. The van der Waals surface area contributed by atoms with Crippen LogP contribution >= 0.6 is 0 Å². The molecule has 8 rings (SSSR count). The predicted molar refractivity (Wildman–Crippen MR) is 199 cm³/mol. The molecule has 6 aromatic carbocycles. The van der Waals surface area contributed by atoms with E-state index in [0.717, 1.165) is 0 Å². The summed E-state index contributed by atoms with van der Waals surface area (Å²) in [5.41, 5.74) is 4.30. The number of pyridine rings is 1. The molecule has 0 unspecified atom stereocenters. The highest BCUT2D eigenvalue weighted by Crippen LogP contribution is 2.43. The summed E-state index contributed by atoms with van der Waals surface area (Å²) < 4.78 is 57.2. The summed E-state index contributed by atoms with van der Waals surface area (Å²) in [6, 6.07) is 39.2. The van der Waals surface area contributed by atoms with Gasteiger partial charge in [0.05, 0.1) is 27.1 Å². The Labute approximate surface area is 296 Å². The summed E-state index contributed by atoms with van der Waals surface area (Å²) in [7, 11) is 0. The SMILES string of the molecule is [2H]C([2H])([2H])c1ccc2c(c1)c1ccc(O)cc1n2-c1cc(C([2H])([2H])[2H])c(-c2ccc(Oc3ccccc3-c3cccc(-c4ccccc4)c3[N+](=O)[O-])cc2)cn1. The number of phenols is 1. The number of ether oxygens (including phenoxy) is 1. The van der Waals surface area contributed by atoms with Crippen LogP contribution in [0.2, 0.25) is 0 Å². The Hall–Kier alpha value is -6.73. The molecular weight excluding hydrogens is 622 g/mol. The molecule has 0 atom stereocenters. The molecule has 0 aliphatic heterocycles. The molecule has 2 aromatic heterocycles. The van der Waals surface area contributed by atoms with E-state index in [-0.39, 0.29) is 33.3 Å². The molecule has 0 radical (unpaired) electrons. The van der Waals surface area contributed by atoms with Crippen molar-refractivity contribution in [3.63, 3.8) is 0 Å². The van der Waals surface area contributed by atoms with E-state index in [9.17, 15) is 15.2 Å². The third kappa shape index (κ3) is 5.41. The van der Waals surface area contributed by atoms with Gasteiger partial charge in [0.2, 0.25) is 0 Å². The van der Waals surface area contributed by atoms with Crippen molar-refractivity contribution in [3.05, 3.63) is 167 Å². The zero-order valence-electron chi connectivity index (χ0n) is 32.4. The first-order valence-electron chi connectivity index (χ1n) is 18.8. The zero-order chi connectivity index (χ0) is 39.4. The van der Waals surface area contributed by atoms with E-state index in [4.69, 9.17) is 17.9 Å². The molecule has 0 spiro atoms. The summed E-state index contributed by atoms with van der Waals surface area (Å²) in [4.78, 5) is 16.8. The van der Waals surface area contributed by atoms with Crippen LogP contribution in [0.1, 0.15) is 19.4 Å². The zero-order valence-corrected chi connectivity index (χ0v) is 26.4. The number of phenolic OH excluding ortho intramolecular Hbond substituents is 1. The maximum Gasteiger partial charge on any atom is 0.285 e. The van der Waals surface area contributed by atoms with Gasteiger partial charge in [-0.2, -0.15) is 0 Å². The highest BCUT2D eigenvalue weighted by atomic mass is 16.6. The molecule has 0 aliphatic carbocycles. The molecule has 0 fully saturated rings.